The average Bonchev–Trinajstić information content (AvgIpc) is 3.05. The SMILES string of the molecule is CN(Cc1csc2ccccc12)C(=O)c1cn[nH]c1F. The van der Waals surface area contributed by atoms with Gasteiger partial charge in [-0.1, -0.05) is 18.2 Å². The van der Waals surface area contributed by atoms with E-state index in [2.05, 4.69) is 10.2 Å². The van der Waals surface area contributed by atoms with Crippen LogP contribution in [0, 0.1) is 5.95 Å². The third kappa shape index (κ3) is 2.18. The highest BCUT2D eigenvalue weighted by molar-refractivity contribution is 7.17. The Morgan fingerprint density at radius 3 is 3.00 bits per heavy atom. The van der Waals surface area contributed by atoms with Crippen molar-refractivity contribution in [2.45, 2.75) is 6.54 Å². The number of nitrogens with one attached hydrogen (secondary N) is 1. The Hall–Kier alpha value is -2.21. The molecule has 0 radical (unpaired) electrons. The second-order valence-electron chi connectivity index (χ2n) is 4.52. The summed E-state index contributed by atoms with van der Waals surface area (Å²) in [5.41, 5.74) is 1.03. The number of amides is 1. The van der Waals surface area contributed by atoms with Gasteiger partial charge in [-0.3, -0.25) is 9.89 Å². The van der Waals surface area contributed by atoms with Gasteiger partial charge in [-0.25, -0.2) is 0 Å². The van der Waals surface area contributed by atoms with E-state index in [-0.39, 0.29) is 11.5 Å². The molecule has 0 unspecified atom stereocenters. The van der Waals surface area contributed by atoms with E-state index in [1.54, 1.807) is 18.4 Å². The number of thiophene rings is 1. The smallest absolute Gasteiger partial charge is 0.260 e. The van der Waals surface area contributed by atoms with Crippen molar-refractivity contribution >= 4 is 27.3 Å². The van der Waals surface area contributed by atoms with Crippen LogP contribution in [0.15, 0.2) is 35.8 Å². The van der Waals surface area contributed by atoms with Gasteiger partial charge < -0.3 is 4.90 Å². The van der Waals surface area contributed by atoms with Crippen LogP contribution in [0.1, 0.15) is 15.9 Å². The molecule has 0 aliphatic carbocycles. The van der Waals surface area contributed by atoms with E-state index in [1.807, 2.05) is 29.6 Å². The topological polar surface area (TPSA) is 49.0 Å². The van der Waals surface area contributed by atoms with Gasteiger partial charge in [0.25, 0.3) is 5.91 Å². The Labute approximate surface area is 118 Å². The number of nitrogens with zero attached hydrogens (tertiary/aromatic N) is 2. The van der Waals surface area contributed by atoms with Crippen molar-refractivity contribution in [3.8, 4) is 0 Å². The summed E-state index contributed by atoms with van der Waals surface area (Å²) >= 11 is 1.64. The molecular weight excluding hydrogens is 277 g/mol. The molecule has 0 spiro atoms. The third-order valence-corrected chi connectivity index (χ3v) is 4.15. The number of fused-ring (bicyclic) bond motifs is 1. The fourth-order valence-electron chi connectivity index (χ4n) is 2.11. The second-order valence-corrected chi connectivity index (χ2v) is 5.43. The summed E-state index contributed by atoms with van der Waals surface area (Å²) in [6.07, 6.45) is 1.21. The molecule has 4 nitrogen and oxygen atoms in total. The van der Waals surface area contributed by atoms with Crippen molar-refractivity contribution in [2.75, 3.05) is 7.05 Å². The van der Waals surface area contributed by atoms with Crippen LogP contribution in [0.3, 0.4) is 0 Å². The molecule has 0 saturated carbocycles. The highest BCUT2D eigenvalue weighted by atomic mass is 32.1. The van der Waals surface area contributed by atoms with E-state index in [0.29, 0.717) is 6.54 Å². The van der Waals surface area contributed by atoms with Gasteiger partial charge in [0.15, 0.2) is 0 Å². The molecule has 20 heavy (non-hydrogen) atoms. The Morgan fingerprint density at radius 2 is 2.25 bits per heavy atom. The zero-order valence-corrected chi connectivity index (χ0v) is 11.6. The van der Waals surface area contributed by atoms with Gasteiger partial charge in [-0.15, -0.1) is 11.3 Å². The maximum absolute atomic E-state index is 13.3. The molecule has 2 aromatic heterocycles. The Morgan fingerprint density at radius 1 is 1.45 bits per heavy atom. The first-order valence-electron chi connectivity index (χ1n) is 6.06. The molecule has 1 N–H and O–H groups in total. The maximum atomic E-state index is 13.3. The summed E-state index contributed by atoms with van der Waals surface area (Å²) in [6.45, 7) is 0.438. The van der Waals surface area contributed by atoms with Gasteiger partial charge in [-0.05, 0) is 22.4 Å². The van der Waals surface area contributed by atoms with Gasteiger partial charge in [0.2, 0.25) is 5.95 Å². The lowest BCUT2D eigenvalue weighted by atomic mass is 10.1. The monoisotopic (exact) mass is 289 g/mol. The number of benzene rings is 1. The molecule has 0 aliphatic heterocycles. The maximum Gasteiger partial charge on any atom is 0.260 e. The number of hydrogen-bond acceptors (Lipinski definition) is 3. The first-order valence-corrected chi connectivity index (χ1v) is 6.94. The highest BCUT2D eigenvalue weighted by Gasteiger charge is 2.19. The predicted molar refractivity (Wildman–Crippen MR) is 76.2 cm³/mol. The molecule has 0 saturated heterocycles. The van der Waals surface area contributed by atoms with Crippen molar-refractivity contribution in [1.29, 1.82) is 0 Å². The van der Waals surface area contributed by atoms with E-state index in [1.165, 1.54) is 15.8 Å². The van der Waals surface area contributed by atoms with Crippen molar-refractivity contribution in [2.24, 2.45) is 0 Å². The lowest BCUT2D eigenvalue weighted by molar-refractivity contribution is 0.0781. The van der Waals surface area contributed by atoms with Crippen LogP contribution in [0.4, 0.5) is 4.39 Å². The van der Waals surface area contributed by atoms with Crippen molar-refractivity contribution in [3.63, 3.8) is 0 Å². The zero-order valence-electron chi connectivity index (χ0n) is 10.8. The lowest BCUT2D eigenvalue weighted by Gasteiger charge is -2.15. The molecule has 3 aromatic rings. The van der Waals surface area contributed by atoms with Crippen LogP contribution < -0.4 is 0 Å². The fourth-order valence-corrected chi connectivity index (χ4v) is 3.06. The summed E-state index contributed by atoms with van der Waals surface area (Å²) in [5, 5.41) is 8.81. The van der Waals surface area contributed by atoms with Crippen molar-refractivity contribution < 1.29 is 9.18 Å². The number of aromatic nitrogens is 2. The number of rotatable bonds is 3. The predicted octanol–water partition coefficient (Wildman–Crippen LogP) is 3.04. The summed E-state index contributed by atoms with van der Waals surface area (Å²) in [7, 11) is 1.65. The summed E-state index contributed by atoms with van der Waals surface area (Å²) in [6, 6.07) is 8.02. The number of carbonyl (C=O) groups is 1. The minimum atomic E-state index is -0.697. The van der Waals surface area contributed by atoms with E-state index < -0.39 is 5.95 Å². The Balaban J connectivity index is 1.84. The van der Waals surface area contributed by atoms with E-state index in [4.69, 9.17) is 0 Å². The van der Waals surface area contributed by atoms with Crippen molar-refractivity contribution in [1.82, 2.24) is 15.1 Å². The largest absolute Gasteiger partial charge is 0.337 e. The molecule has 3 rings (SSSR count). The molecule has 1 aromatic carbocycles. The first kappa shape index (κ1) is 12.8. The molecule has 0 aliphatic rings. The number of H-pyrrole nitrogens is 1. The zero-order chi connectivity index (χ0) is 14.1. The first-order chi connectivity index (χ1) is 9.66. The van der Waals surface area contributed by atoms with Crippen LogP contribution in [0.5, 0.6) is 0 Å². The van der Waals surface area contributed by atoms with Crippen LogP contribution in [-0.4, -0.2) is 28.1 Å². The summed E-state index contributed by atoms with van der Waals surface area (Å²) < 4.78 is 14.5. The quantitative estimate of drug-likeness (QED) is 0.805. The van der Waals surface area contributed by atoms with Gasteiger partial charge >= 0.3 is 0 Å². The van der Waals surface area contributed by atoms with Gasteiger partial charge in [0.05, 0.1) is 6.20 Å². The highest BCUT2D eigenvalue weighted by Crippen LogP contribution is 2.26. The molecule has 0 bridgehead atoms. The molecule has 6 heteroatoms. The number of carbonyl (C=O) groups excluding carboxylic acids is 1. The second kappa shape index (κ2) is 5.05. The van der Waals surface area contributed by atoms with Crippen molar-refractivity contribution in [3.05, 3.63) is 52.9 Å². The van der Waals surface area contributed by atoms with Gasteiger partial charge in [0, 0.05) is 18.3 Å². The molecular formula is C14H12FN3OS. The minimum absolute atomic E-state index is 0.0352. The Kier molecular flexibility index (Phi) is 3.23. The molecule has 2 heterocycles. The number of halogens is 1. The van der Waals surface area contributed by atoms with Crippen LogP contribution in [0.2, 0.25) is 0 Å². The number of hydrogen-bond donors (Lipinski definition) is 1. The summed E-state index contributed by atoms with van der Waals surface area (Å²) in [4.78, 5) is 13.6. The van der Waals surface area contributed by atoms with E-state index in [9.17, 15) is 9.18 Å². The minimum Gasteiger partial charge on any atom is -0.337 e. The van der Waals surface area contributed by atoms with Crippen LogP contribution >= 0.6 is 11.3 Å². The van der Waals surface area contributed by atoms with E-state index in [0.717, 1.165) is 10.9 Å². The molecule has 0 atom stereocenters. The van der Waals surface area contributed by atoms with Crippen LogP contribution in [-0.2, 0) is 6.54 Å². The number of aromatic amines is 1. The molecule has 1 amide bonds. The van der Waals surface area contributed by atoms with Gasteiger partial charge in [-0.2, -0.15) is 9.49 Å². The van der Waals surface area contributed by atoms with Gasteiger partial charge in [0.1, 0.15) is 5.56 Å². The standard InChI is InChI=1S/C14H12FN3OS/c1-18(14(19)11-6-16-17-13(11)15)7-9-8-20-12-5-3-2-4-10(9)12/h2-6,8H,7H2,1H3,(H,16,17). The van der Waals surface area contributed by atoms with E-state index >= 15 is 0 Å². The average molecular weight is 289 g/mol. The molecule has 0 fully saturated rings. The summed E-state index contributed by atoms with van der Waals surface area (Å²) in [5.74, 6) is -1.08. The molecule has 102 valence electrons. The normalized spacial score (nSPS) is 10.9. The third-order valence-electron chi connectivity index (χ3n) is 3.14. The lowest BCUT2D eigenvalue weighted by Crippen LogP contribution is -2.26. The fraction of sp³-hybridized carbons (Fsp3) is 0.143. The Bertz CT molecular complexity index is 764. The van der Waals surface area contributed by atoms with Crippen LogP contribution in [0.25, 0.3) is 10.1 Å².